The largest absolute Gasteiger partial charge is 0.497 e. The molecule has 140 valence electrons. The Kier molecular flexibility index (Phi) is 4.93. The van der Waals surface area contributed by atoms with E-state index >= 15 is 0 Å². The molecule has 1 aromatic heterocycles. The Morgan fingerprint density at radius 3 is 2.29 bits per heavy atom. The second-order valence-corrected chi connectivity index (χ2v) is 6.09. The average molecular weight is 372 g/mol. The monoisotopic (exact) mass is 372 g/mol. The van der Waals surface area contributed by atoms with Gasteiger partial charge in [-0.15, -0.1) is 0 Å². The molecule has 4 rings (SSSR count). The van der Waals surface area contributed by atoms with Crippen molar-refractivity contribution in [3.05, 3.63) is 72.8 Å². The van der Waals surface area contributed by atoms with E-state index in [4.69, 9.17) is 19.4 Å². The number of nitrogens with zero attached hydrogens (tertiary/aromatic N) is 2. The van der Waals surface area contributed by atoms with Crippen molar-refractivity contribution in [3.63, 3.8) is 0 Å². The third-order valence-electron chi connectivity index (χ3n) is 4.34. The molecule has 3 aromatic carbocycles. The molecule has 0 aliphatic carbocycles. The lowest BCUT2D eigenvalue weighted by Crippen LogP contribution is -2.13. The third kappa shape index (κ3) is 3.53. The average Bonchev–Trinajstić information content (AvgIpc) is 2.77. The van der Waals surface area contributed by atoms with Gasteiger partial charge in [-0.3, -0.25) is 10.9 Å². The number of para-hydroxylation sites is 2. The minimum Gasteiger partial charge on any atom is -0.497 e. The van der Waals surface area contributed by atoms with Crippen LogP contribution >= 0.6 is 0 Å². The lowest BCUT2D eigenvalue weighted by molar-refractivity contribution is 0.415. The number of anilines is 2. The second-order valence-electron chi connectivity index (χ2n) is 6.09. The summed E-state index contributed by atoms with van der Waals surface area (Å²) >= 11 is 0. The standard InChI is InChI=1S/C22H20N4O2/c1-27-16-12-13-17-19(14-16)24-22(21(23-17)15-8-4-3-5-9-15)26-25-18-10-6-7-11-20(18)28-2/h3-14,25H,1-2H3,(H,24,26). The zero-order chi connectivity index (χ0) is 19.3. The van der Waals surface area contributed by atoms with Crippen LogP contribution in [0.5, 0.6) is 11.5 Å². The van der Waals surface area contributed by atoms with E-state index in [1.54, 1.807) is 14.2 Å². The van der Waals surface area contributed by atoms with Crippen molar-refractivity contribution in [3.8, 4) is 22.8 Å². The summed E-state index contributed by atoms with van der Waals surface area (Å²) in [6.45, 7) is 0. The number of fused-ring (bicyclic) bond motifs is 1. The molecule has 0 radical (unpaired) electrons. The summed E-state index contributed by atoms with van der Waals surface area (Å²) in [4.78, 5) is 9.60. The molecule has 0 unspecified atom stereocenters. The van der Waals surface area contributed by atoms with Crippen molar-refractivity contribution in [1.29, 1.82) is 0 Å². The van der Waals surface area contributed by atoms with E-state index in [1.165, 1.54) is 0 Å². The first-order chi connectivity index (χ1) is 13.8. The molecule has 0 aliphatic rings. The van der Waals surface area contributed by atoms with Crippen LogP contribution < -0.4 is 20.3 Å². The molecule has 2 N–H and O–H groups in total. The fourth-order valence-electron chi connectivity index (χ4n) is 2.92. The molecular formula is C22H20N4O2. The van der Waals surface area contributed by atoms with Gasteiger partial charge in [0.2, 0.25) is 0 Å². The third-order valence-corrected chi connectivity index (χ3v) is 4.34. The molecular weight excluding hydrogens is 352 g/mol. The maximum absolute atomic E-state index is 5.39. The van der Waals surface area contributed by atoms with Gasteiger partial charge in [0.15, 0.2) is 5.82 Å². The SMILES string of the molecule is COc1ccc2nc(-c3ccccc3)c(NNc3ccccc3OC)nc2c1. The minimum absolute atomic E-state index is 0.609. The van der Waals surface area contributed by atoms with Crippen LogP contribution in [0.1, 0.15) is 0 Å². The molecule has 0 aliphatic heterocycles. The quantitative estimate of drug-likeness (QED) is 0.476. The second kappa shape index (κ2) is 7.84. The number of hydrazine groups is 1. The molecule has 6 heteroatoms. The van der Waals surface area contributed by atoms with E-state index in [-0.39, 0.29) is 0 Å². The Labute approximate surface area is 163 Å². The predicted molar refractivity (Wildman–Crippen MR) is 112 cm³/mol. The molecule has 0 fully saturated rings. The first-order valence-electron chi connectivity index (χ1n) is 8.85. The zero-order valence-corrected chi connectivity index (χ0v) is 15.6. The number of rotatable bonds is 6. The van der Waals surface area contributed by atoms with E-state index in [0.717, 1.165) is 39.5 Å². The molecule has 0 atom stereocenters. The van der Waals surface area contributed by atoms with Crippen LogP contribution in [0.25, 0.3) is 22.3 Å². The van der Waals surface area contributed by atoms with Gasteiger partial charge >= 0.3 is 0 Å². The Hall–Kier alpha value is -3.80. The summed E-state index contributed by atoms with van der Waals surface area (Å²) in [5.74, 6) is 2.07. The van der Waals surface area contributed by atoms with Gasteiger partial charge in [-0.1, -0.05) is 42.5 Å². The van der Waals surface area contributed by atoms with Crippen molar-refractivity contribution in [2.45, 2.75) is 0 Å². The van der Waals surface area contributed by atoms with E-state index < -0.39 is 0 Å². The van der Waals surface area contributed by atoms with Crippen LogP contribution in [0.2, 0.25) is 0 Å². The van der Waals surface area contributed by atoms with Crippen LogP contribution in [0, 0.1) is 0 Å². The Morgan fingerprint density at radius 1 is 0.714 bits per heavy atom. The fraction of sp³-hybridized carbons (Fsp3) is 0.0909. The summed E-state index contributed by atoms with van der Waals surface area (Å²) in [5.41, 5.74) is 10.4. The minimum atomic E-state index is 0.609. The topological polar surface area (TPSA) is 68.3 Å². The highest BCUT2D eigenvalue weighted by molar-refractivity contribution is 5.84. The molecule has 28 heavy (non-hydrogen) atoms. The van der Waals surface area contributed by atoms with Gasteiger partial charge in [0.25, 0.3) is 0 Å². The van der Waals surface area contributed by atoms with Gasteiger partial charge in [-0.2, -0.15) is 0 Å². The molecule has 0 spiro atoms. The van der Waals surface area contributed by atoms with Gasteiger partial charge in [0.1, 0.15) is 17.2 Å². The first kappa shape index (κ1) is 17.6. The molecule has 0 bridgehead atoms. The van der Waals surface area contributed by atoms with Crippen molar-refractivity contribution < 1.29 is 9.47 Å². The molecule has 0 amide bonds. The Morgan fingerprint density at radius 2 is 1.50 bits per heavy atom. The van der Waals surface area contributed by atoms with Crippen molar-refractivity contribution in [2.24, 2.45) is 0 Å². The van der Waals surface area contributed by atoms with Crippen LogP contribution in [0.3, 0.4) is 0 Å². The predicted octanol–water partition coefficient (Wildman–Crippen LogP) is 4.75. The summed E-state index contributed by atoms with van der Waals surface area (Å²) < 4.78 is 10.7. The number of ether oxygens (including phenoxy) is 2. The summed E-state index contributed by atoms with van der Waals surface area (Å²) in [6.07, 6.45) is 0. The molecule has 6 nitrogen and oxygen atoms in total. The number of hydrogen-bond acceptors (Lipinski definition) is 6. The Balaban J connectivity index is 1.77. The van der Waals surface area contributed by atoms with Gasteiger partial charge in [0.05, 0.1) is 30.9 Å². The number of aromatic nitrogens is 2. The lowest BCUT2D eigenvalue weighted by atomic mass is 10.1. The van der Waals surface area contributed by atoms with E-state index in [9.17, 15) is 0 Å². The van der Waals surface area contributed by atoms with Crippen molar-refractivity contribution in [1.82, 2.24) is 9.97 Å². The van der Waals surface area contributed by atoms with Crippen LogP contribution in [0.4, 0.5) is 11.5 Å². The van der Waals surface area contributed by atoms with Crippen LogP contribution in [-0.2, 0) is 0 Å². The summed E-state index contributed by atoms with van der Waals surface area (Å²) in [6, 6.07) is 23.3. The zero-order valence-electron chi connectivity index (χ0n) is 15.6. The fourth-order valence-corrected chi connectivity index (χ4v) is 2.92. The van der Waals surface area contributed by atoms with E-state index in [2.05, 4.69) is 10.9 Å². The highest BCUT2D eigenvalue weighted by Gasteiger charge is 2.12. The summed E-state index contributed by atoms with van der Waals surface area (Å²) in [7, 11) is 3.27. The summed E-state index contributed by atoms with van der Waals surface area (Å²) in [5, 5.41) is 0. The van der Waals surface area contributed by atoms with E-state index in [0.29, 0.717) is 5.82 Å². The molecule has 4 aromatic rings. The number of hydrogen-bond donors (Lipinski definition) is 2. The smallest absolute Gasteiger partial charge is 0.171 e. The number of methoxy groups -OCH3 is 2. The highest BCUT2D eigenvalue weighted by Crippen LogP contribution is 2.29. The molecule has 0 saturated carbocycles. The first-order valence-corrected chi connectivity index (χ1v) is 8.85. The van der Waals surface area contributed by atoms with Gasteiger partial charge in [-0.25, -0.2) is 9.97 Å². The van der Waals surface area contributed by atoms with Gasteiger partial charge < -0.3 is 9.47 Å². The van der Waals surface area contributed by atoms with E-state index in [1.807, 2.05) is 72.8 Å². The van der Waals surface area contributed by atoms with Crippen LogP contribution in [0.15, 0.2) is 72.8 Å². The maximum Gasteiger partial charge on any atom is 0.171 e. The van der Waals surface area contributed by atoms with Crippen molar-refractivity contribution >= 4 is 22.5 Å². The van der Waals surface area contributed by atoms with Gasteiger partial charge in [0, 0.05) is 11.6 Å². The molecule has 1 heterocycles. The van der Waals surface area contributed by atoms with Crippen LogP contribution in [-0.4, -0.2) is 24.2 Å². The Bertz CT molecular complexity index is 1100. The lowest BCUT2D eigenvalue weighted by Gasteiger charge is -2.15. The number of nitrogens with one attached hydrogen (secondary N) is 2. The van der Waals surface area contributed by atoms with Gasteiger partial charge in [-0.05, 0) is 24.3 Å². The maximum atomic E-state index is 5.39. The molecule has 0 saturated heterocycles. The van der Waals surface area contributed by atoms with Crippen molar-refractivity contribution in [2.75, 3.05) is 25.1 Å². The normalized spacial score (nSPS) is 10.5. The number of benzene rings is 3. The highest BCUT2D eigenvalue weighted by atomic mass is 16.5.